The van der Waals surface area contributed by atoms with E-state index in [4.69, 9.17) is 0 Å². The number of anilines is 1. The number of piperazine rings is 1. The first-order valence-corrected chi connectivity index (χ1v) is 14.4. The van der Waals surface area contributed by atoms with Gasteiger partial charge in [-0.05, 0) is 29.9 Å². The summed E-state index contributed by atoms with van der Waals surface area (Å²) in [4.78, 5) is 22.1. The standard InChI is InChI=1S/C25H27N5O3S2/c1-35(32,33)30-14-12-29(13-15-30)24(31)20-17-27-21-7-16-34-23(21)22(20)28-10-8-25(18-26,9-11-28)19-5-3-2-4-6-19/h2-7,16-17H,8-15H2,1H3. The van der Waals surface area contributed by atoms with Crippen LogP contribution in [0.5, 0.6) is 0 Å². The van der Waals surface area contributed by atoms with Gasteiger partial charge in [-0.15, -0.1) is 11.3 Å². The van der Waals surface area contributed by atoms with Gasteiger partial charge in [-0.2, -0.15) is 9.57 Å². The van der Waals surface area contributed by atoms with E-state index >= 15 is 0 Å². The van der Waals surface area contributed by atoms with Crippen LogP contribution in [0.3, 0.4) is 0 Å². The minimum absolute atomic E-state index is 0.129. The Balaban J connectivity index is 1.43. The number of sulfonamides is 1. The van der Waals surface area contributed by atoms with Crippen LogP contribution in [0.2, 0.25) is 0 Å². The van der Waals surface area contributed by atoms with Crippen molar-refractivity contribution in [3.05, 3.63) is 59.1 Å². The number of hydrogen-bond donors (Lipinski definition) is 0. The highest BCUT2D eigenvalue weighted by atomic mass is 32.2. The lowest BCUT2D eigenvalue weighted by Gasteiger charge is -2.40. The number of hydrogen-bond acceptors (Lipinski definition) is 7. The molecule has 2 fully saturated rings. The summed E-state index contributed by atoms with van der Waals surface area (Å²) in [6.45, 7) is 2.59. The Hall–Kier alpha value is -3.00. The predicted molar refractivity (Wildman–Crippen MR) is 137 cm³/mol. The molecule has 5 rings (SSSR count). The van der Waals surface area contributed by atoms with Crippen molar-refractivity contribution in [3.63, 3.8) is 0 Å². The Morgan fingerprint density at radius 2 is 1.74 bits per heavy atom. The van der Waals surface area contributed by atoms with Crippen molar-refractivity contribution in [2.24, 2.45) is 0 Å². The lowest BCUT2D eigenvalue weighted by atomic mass is 9.74. The summed E-state index contributed by atoms with van der Waals surface area (Å²) in [7, 11) is -3.27. The molecule has 2 aliphatic rings. The van der Waals surface area contributed by atoms with E-state index in [1.54, 1.807) is 22.4 Å². The SMILES string of the molecule is CS(=O)(=O)N1CCN(C(=O)c2cnc3ccsc3c2N2CCC(C#N)(c3ccccc3)CC2)CC1. The van der Waals surface area contributed by atoms with E-state index in [1.165, 1.54) is 10.6 Å². The third kappa shape index (κ3) is 4.40. The molecular weight excluding hydrogens is 482 g/mol. The monoisotopic (exact) mass is 509 g/mol. The number of nitrogens with zero attached hydrogens (tertiary/aromatic N) is 5. The molecule has 1 aromatic carbocycles. The van der Waals surface area contributed by atoms with Gasteiger partial charge < -0.3 is 9.80 Å². The second kappa shape index (κ2) is 9.22. The van der Waals surface area contributed by atoms with E-state index in [9.17, 15) is 18.5 Å². The summed E-state index contributed by atoms with van der Waals surface area (Å²) in [6, 6.07) is 14.5. The van der Waals surface area contributed by atoms with E-state index in [0.717, 1.165) is 21.5 Å². The molecule has 0 bridgehead atoms. The number of carbonyl (C=O) groups is 1. The van der Waals surface area contributed by atoms with Crippen LogP contribution in [0.4, 0.5) is 5.69 Å². The number of piperidine rings is 1. The number of fused-ring (bicyclic) bond motifs is 1. The van der Waals surface area contributed by atoms with Crippen molar-refractivity contribution in [2.75, 3.05) is 50.4 Å². The van der Waals surface area contributed by atoms with Gasteiger partial charge in [-0.25, -0.2) is 8.42 Å². The van der Waals surface area contributed by atoms with Gasteiger partial charge in [0.25, 0.3) is 5.91 Å². The van der Waals surface area contributed by atoms with Crippen molar-refractivity contribution in [1.82, 2.24) is 14.2 Å². The first-order chi connectivity index (χ1) is 16.8. The lowest BCUT2D eigenvalue weighted by Crippen LogP contribution is -2.50. The molecule has 1 amide bonds. The first kappa shape index (κ1) is 23.7. The second-order valence-electron chi connectivity index (χ2n) is 9.16. The van der Waals surface area contributed by atoms with Gasteiger partial charge in [0.05, 0.1) is 39.2 Å². The largest absolute Gasteiger partial charge is 0.369 e. The first-order valence-electron chi connectivity index (χ1n) is 11.6. The Bertz CT molecular complexity index is 1380. The average Bonchev–Trinajstić information content (AvgIpc) is 3.37. The van der Waals surface area contributed by atoms with Gasteiger partial charge in [-0.1, -0.05) is 30.3 Å². The van der Waals surface area contributed by atoms with Gasteiger partial charge >= 0.3 is 0 Å². The third-order valence-corrected chi connectivity index (χ3v) is 9.36. The molecule has 182 valence electrons. The summed E-state index contributed by atoms with van der Waals surface area (Å²) in [5.41, 5.74) is 2.77. The molecule has 2 aromatic heterocycles. The zero-order valence-corrected chi connectivity index (χ0v) is 21.2. The molecule has 8 nitrogen and oxygen atoms in total. The molecule has 0 aliphatic carbocycles. The maximum Gasteiger partial charge on any atom is 0.257 e. The smallest absolute Gasteiger partial charge is 0.257 e. The van der Waals surface area contributed by atoms with E-state index in [1.807, 2.05) is 41.8 Å². The summed E-state index contributed by atoms with van der Waals surface area (Å²) >= 11 is 1.56. The maximum absolute atomic E-state index is 13.6. The zero-order valence-electron chi connectivity index (χ0n) is 19.6. The highest BCUT2D eigenvalue weighted by Crippen LogP contribution is 2.40. The molecule has 0 N–H and O–H groups in total. The lowest BCUT2D eigenvalue weighted by molar-refractivity contribution is 0.0698. The molecule has 0 radical (unpaired) electrons. The van der Waals surface area contributed by atoms with Gasteiger partial charge in [0.2, 0.25) is 10.0 Å². The molecule has 3 aromatic rings. The van der Waals surface area contributed by atoms with Gasteiger partial charge in [-0.3, -0.25) is 9.78 Å². The third-order valence-electron chi connectivity index (χ3n) is 7.15. The van der Waals surface area contributed by atoms with Crippen molar-refractivity contribution in [2.45, 2.75) is 18.3 Å². The Kier molecular flexibility index (Phi) is 6.25. The van der Waals surface area contributed by atoms with Crippen molar-refractivity contribution >= 4 is 43.2 Å². The van der Waals surface area contributed by atoms with Gasteiger partial charge in [0.1, 0.15) is 0 Å². The summed E-state index contributed by atoms with van der Waals surface area (Å²) in [5.74, 6) is -0.129. The number of amides is 1. The van der Waals surface area contributed by atoms with E-state index in [2.05, 4.69) is 16.0 Å². The molecule has 4 heterocycles. The fourth-order valence-corrected chi connectivity index (χ4v) is 6.85. The van der Waals surface area contributed by atoms with Crippen LogP contribution in [0, 0.1) is 11.3 Å². The van der Waals surface area contributed by atoms with Crippen LogP contribution < -0.4 is 4.90 Å². The molecule has 0 unspecified atom stereocenters. The van der Waals surface area contributed by atoms with Crippen LogP contribution >= 0.6 is 11.3 Å². The molecule has 2 aliphatic heterocycles. The van der Waals surface area contributed by atoms with Crippen LogP contribution in [-0.4, -0.2) is 74.0 Å². The van der Waals surface area contributed by atoms with Crippen LogP contribution in [0.1, 0.15) is 28.8 Å². The predicted octanol–water partition coefficient (Wildman–Crippen LogP) is 3.08. The molecule has 0 spiro atoms. The molecule has 2 saturated heterocycles. The molecule has 0 atom stereocenters. The molecule has 0 saturated carbocycles. The number of nitriles is 1. The van der Waals surface area contributed by atoms with Crippen molar-refractivity contribution in [3.8, 4) is 6.07 Å². The maximum atomic E-state index is 13.6. The molecule has 35 heavy (non-hydrogen) atoms. The fraction of sp³-hybridized carbons (Fsp3) is 0.400. The Morgan fingerprint density at radius 3 is 2.37 bits per heavy atom. The van der Waals surface area contributed by atoms with E-state index in [-0.39, 0.29) is 5.91 Å². The van der Waals surface area contributed by atoms with Crippen LogP contribution in [0.25, 0.3) is 10.2 Å². The highest BCUT2D eigenvalue weighted by molar-refractivity contribution is 7.88. The number of carbonyl (C=O) groups excluding carboxylic acids is 1. The quantitative estimate of drug-likeness (QED) is 0.536. The van der Waals surface area contributed by atoms with Crippen molar-refractivity contribution in [1.29, 1.82) is 5.26 Å². The fourth-order valence-electron chi connectivity index (χ4n) is 5.10. The normalized spacial score (nSPS) is 19.0. The number of aromatic nitrogens is 1. The van der Waals surface area contributed by atoms with Gasteiger partial charge in [0.15, 0.2) is 0 Å². The van der Waals surface area contributed by atoms with E-state index < -0.39 is 15.4 Å². The van der Waals surface area contributed by atoms with Crippen molar-refractivity contribution < 1.29 is 13.2 Å². The van der Waals surface area contributed by atoms with E-state index in [0.29, 0.717) is 57.7 Å². The van der Waals surface area contributed by atoms with Gasteiger partial charge in [0, 0.05) is 45.5 Å². The topological polar surface area (TPSA) is 97.6 Å². The molecular formula is C25H27N5O3S2. The number of rotatable bonds is 4. The van der Waals surface area contributed by atoms with Crippen LogP contribution in [0.15, 0.2) is 48.0 Å². The summed E-state index contributed by atoms with van der Waals surface area (Å²) < 4.78 is 26.1. The minimum Gasteiger partial charge on any atom is -0.369 e. The minimum atomic E-state index is -3.27. The Labute approximate surface area is 209 Å². The number of thiophene rings is 1. The second-order valence-corrected chi connectivity index (χ2v) is 12.1. The zero-order chi connectivity index (χ0) is 24.6. The van der Waals surface area contributed by atoms with Crippen LogP contribution in [-0.2, 0) is 15.4 Å². The summed E-state index contributed by atoms with van der Waals surface area (Å²) in [6.07, 6.45) is 4.19. The Morgan fingerprint density at radius 1 is 1.06 bits per heavy atom. The molecule has 10 heteroatoms. The number of benzene rings is 1. The average molecular weight is 510 g/mol. The highest BCUT2D eigenvalue weighted by Gasteiger charge is 2.38. The number of pyridine rings is 1. The summed E-state index contributed by atoms with van der Waals surface area (Å²) in [5, 5.41) is 12.1.